The zero-order valence-electron chi connectivity index (χ0n) is 16.4. The molecule has 27 heavy (non-hydrogen) atoms. The smallest absolute Gasteiger partial charge is 0.343 e. The Bertz CT molecular complexity index is 800. The van der Waals surface area contributed by atoms with Crippen molar-refractivity contribution in [3.63, 3.8) is 0 Å². The van der Waals surface area contributed by atoms with Crippen LogP contribution >= 0.6 is 11.6 Å². The van der Waals surface area contributed by atoms with Crippen LogP contribution in [0.25, 0.3) is 0 Å². The molecule has 0 bridgehead atoms. The normalized spacial score (nSPS) is 11.1. The molecule has 1 aromatic heterocycles. The second-order valence-corrected chi connectivity index (χ2v) is 7.45. The van der Waals surface area contributed by atoms with Gasteiger partial charge in [-0.2, -0.15) is 5.10 Å². The highest BCUT2D eigenvalue weighted by atomic mass is 35.5. The fourth-order valence-electron chi connectivity index (χ4n) is 2.84. The third kappa shape index (κ3) is 5.10. The number of carbonyl (C=O) groups excluding carboxylic acids is 2. The number of benzene rings is 1. The van der Waals surface area contributed by atoms with E-state index in [1.807, 2.05) is 58.0 Å². The number of hydrogen-bond donors (Lipinski definition) is 0. The first-order chi connectivity index (χ1) is 12.7. The Labute approximate surface area is 165 Å². The summed E-state index contributed by atoms with van der Waals surface area (Å²) < 4.78 is 6.84. The molecule has 7 heteroatoms. The molecule has 0 saturated heterocycles. The van der Waals surface area contributed by atoms with E-state index in [0.717, 1.165) is 5.69 Å². The molecule has 0 unspecified atom stereocenters. The molecule has 6 nitrogen and oxygen atoms in total. The lowest BCUT2D eigenvalue weighted by atomic mass is 10.2. The van der Waals surface area contributed by atoms with E-state index in [1.165, 1.54) is 0 Å². The van der Waals surface area contributed by atoms with E-state index in [-0.39, 0.29) is 29.3 Å². The van der Waals surface area contributed by atoms with E-state index in [0.29, 0.717) is 18.2 Å². The predicted molar refractivity (Wildman–Crippen MR) is 106 cm³/mol. The number of esters is 1. The van der Waals surface area contributed by atoms with E-state index < -0.39 is 5.97 Å². The first-order valence-electron chi connectivity index (χ1n) is 8.99. The van der Waals surface area contributed by atoms with Crippen LogP contribution in [-0.2, 0) is 16.1 Å². The molecule has 1 amide bonds. The minimum absolute atomic E-state index is 0.0716. The van der Waals surface area contributed by atoms with Gasteiger partial charge < -0.3 is 9.64 Å². The van der Waals surface area contributed by atoms with Gasteiger partial charge in [0.25, 0.3) is 5.91 Å². The average molecular weight is 392 g/mol. The average Bonchev–Trinajstić information content (AvgIpc) is 2.86. The van der Waals surface area contributed by atoms with Gasteiger partial charge in [0.15, 0.2) is 6.61 Å². The number of halogens is 1. The number of anilines is 1. The number of amides is 1. The van der Waals surface area contributed by atoms with E-state index >= 15 is 0 Å². The van der Waals surface area contributed by atoms with Gasteiger partial charge in [0.2, 0.25) is 0 Å². The Kier molecular flexibility index (Phi) is 7.02. The van der Waals surface area contributed by atoms with E-state index in [1.54, 1.807) is 16.5 Å². The minimum atomic E-state index is -0.641. The van der Waals surface area contributed by atoms with Gasteiger partial charge in [-0.15, -0.1) is 0 Å². The van der Waals surface area contributed by atoms with Gasteiger partial charge in [-0.3, -0.25) is 9.48 Å². The molecule has 2 aromatic rings. The van der Waals surface area contributed by atoms with Crippen LogP contribution in [0.3, 0.4) is 0 Å². The van der Waals surface area contributed by atoms with E-state index in [2.05, 4.69) is 5.10 Å². The summed E-state index contributed by atoms with van der Waals surface area (Å²) in [6, 6.07) is 9.21. The Morgan fingerprint density at radius 1 is 1.19 bits per heavy atom. The Balaban J connectivity index is 2.10. The van der Waals surface area contributed by atoms with Crippen LogP contribution in [0.4, 0.5) is 5.69 Å². The second kappa shape index (κ2) is 9.04. The number of rotatable bonds is 7. The molecular weight excluding hydrogens is 366 g/mol. The number of hydrogen-bond acceptors (Lipinski definition) is 4. The summed E-state index contributed by atoms with van der Waals surface area (Å²) in [7, 11) is 0. The molecule has 2 rings (SSSR count). The van der Waals surface area contributed by atoms with Gasteiger partial charge >= 0.3 is 5.97 Å². The van der Waals surface area contributed by atoms with Crippen molar-refractivity contribution < 1.29 is 14.3 Å². The highest BCUT2D eigenvalue weighted by molar-refractivity contribution is 6.32. The molecule has 1 aromatic carbocycles. The van der Waals surface area contributed by atoms with Crippen LogP contribution in [0.1, 0.15) is 43.7 Å². The summed E-state index contributed by atoms with van der Waals surface area (Å²) in [4.78, 5) is 26.7. The maximum Gasteiger partial charge on any atom is 0.343 e. The van der Waals surface area contributed by atoms with Gasteiger partial charge in [0.1, 0.15) is 10.7 Å². The number of nitrogens with zero attached hydrogens (tertiary/aromatic N) is 3. The van der Waals surface area contributed by atoms with Crippen molar-refractivity contribution in [3.05, 3.63) is 46.7 Å². The van der Waals surface area contributed by atoms with Crippen molar-refractivity contribution in [3.8, 4) is 0 Å². The van der Waals surface area contributed by atoms with Crippen LogP contribution < -0.4 is 4.90 Å². The topological polar surface area (TPSA) is 64.4 Å². The molecule has 0 aliphatic rings. The summed E-state index contributed by atoms with van der Waals surface area (Å²) in [6.45, 7) is 9.82. The highest BCUT2D eigenvalue weighted by Gasteiger charge is 2.25. The molecule has 1 heterocycles. The molecule has 0 N–H and O–H groups in total. The monoisotopic (exact) mass is 391 g/mol. The zero-order valence-corrected chi connectivity index (χ0v) is 17.2. The minimum Gasteiger partial charge on any atom is -0.452 e. The molecule has 146 valence electrons. The lowest BCUT2D eigenvalue weighted by Gasteiger charge is -2.26. The summed E-state index contributed by atoms with van der Waals surface area (Å²) in [5.41, 5.74) is 1.45. The fourth-order valence-corrected chi connectivity index (χ4v) is 3.16. The maximum atomic E-state index is 12.6. The highest BCUT2D eigenvalue weighted by Crippen LogP contribution is 2.22. The van der Waals surface area contributed by atoms with Crippen molar-refractivity contribution in [2.75, 3.05) is 11.5 Å². The fraction of sp³-hybridized carbons (Fsp3) is 0.450. The first-order valence-corrected chi connectivity index (χ1v) is 9.37. The molecule has 0 radical (unpaired) electrons. The quantitative estimate of drug-likeness (QED) is 0.666. The molecule has 0 aliphatic carbocycles. The molecule has 0 aliphatic heterocycles. The first kappa shape index (κ1) is 21.0. The van der Waals surface area contributed by atoms with Crippen LogP contribution in [0.5, 0.6) is 0 Å². The number of para-hydroxylation sites is 1. The molecular formula is C20H26ClN3O3. The van der Waals surface area contributed by atoms with Gasteiger partial charge in [-0.05, 0) is 38.8 Å². The Morgan fingerprint density at radius 2 is 1.81 bits per heavy atom. The van der Waals surface area contributed by atoms with E-state index in [9.17, 15) is 9.59 Å². The van der Waals surface area contributed by atoms with Gasteiger partial charge in [0, 0.05) is 18.3 Å². The predicted octanol–water partition coefficient (Wildman–Crippen LogP) is 4.10. The SMILES string of the molecule is Cc1nn(CC(C)C)c(Cl)c1C(=O)OCC(=O)N(c1ccccc1)C(C)C. The standard InChI is InChI=1S/C20H26ClN3O3/c1-13(2)11-23-19(21)18(15(5)22-23)20(26)27-12-17(25)24(14(3)4)16-9-7-6-8-10-16/h6-10,13-14H,11-12H2,1-5H3. The molecule has 0 spiro atoms. The summed E-state index contributed by atoms with van der Waals surface area (Å²) in [5, 5.41) is 4.54. The maximum absolute atomic E-state index is 12.6. The lowest BCUT2D eigenvalue weighted by molar-refractivity contribution is -0.122. The second-order valence-electron chi connectivity index (χ2n) is 7.10. The third-order valence-electron chi connectivity index (χ3n) is 3.95. The third-order valence-corrected chi connectivity index (χ3v) is 4.34. The number of ether oxygens (including phenoxy) is 1. The Morgan fingerprint density at radius 3 is 2.37 bits per heavy atom. The summed E-state index contributed by atoms with van der Waals surface area (Å²) in [6.07, 6.45) is 0. The van der Waals surface area contributed by atoms with Crippen molar-refractivity contribution in [1.29, 1.82) is 0 Å². The van der Waals surface area contributed by atoms with Crippen LogP contribution in [0.15, 0.2) is 30.3 Å². The summed E-state index contributed by atoms with van der Waals surface area (Å²) >= 11 is 6.30. The zero-order chi connectivity index (χ0) is 20.1. The lowest BCUT2D eigenvalue weighted by Crippen LogP contribution is -2.39. The van der Waals surface area contributed by atoms with Crippen molar-refractivity contribution >= 4 is 29.2 Å². The molecule has 0 atom stereocenters. The molecule has 0 saturated carbocycles. The largest absolute Gasteiger partial charge is 0.452 e. The number of aryl methyl sites for hydroxylation is 1. The van der Waals surface area contributed by atoms with Gasteiger partial charge in [-0.25, -0.2) is 4.79 Å². The van der Waals surface area contributed by atoms with Crippen LogP contribution in [-0.4, -0.2) is 34.3 Å². The van der Waals surface area contributed by atoms with E-state index in [4.69, 9.17) is 16.3 Å². The van der Waals surface area contributed by atoms with Gasteiger partial charge in [0.05, 0.1) is 5.69 Å². The van der Waals surface area contributed by atoms with Crippen molar-refractivity contribution in [2.45, 2.75) is 47.2 Å². The van der Waals surface area contributed by atoms with Crippen molar-refractivity contribution in [2.24, 2.45) is 5.92 Å². The Hall–Kier alpha value is -2.34. The summed E-state index contributed by atoms with van der Waals surface area (Å²) in [5.74, 6) is -0.608. The molecule has 0 fully saturated rings. The van der Waals surface area contributed by atoms with Crippen LogP contribution in [0.2, 0.25) is 5.15 Å². The number of carbonyl (C=O) groups is 2. The number of aromatic nitrogens is 2. The van der Waals surface area contributed by atoms with Crippen molar-refractivity contribution in [1.82, 2.24) is 9.78 Å². The van der Waals surface area contributed by atoms with Crippen LogP contribution in [0, 0.1) is 12.8 Å². The van der Waals surface area contributed by atoms with Gasteiger partial charge in [-0.1, -0.05) is 43.6 Å².